The lowest BCUT2D eigenvalue weighted by Gasteiger charge is -2.16. The number of nitrogens with one attached hydrogen (secondary N) is 2. The topological polar surface area (TPSA) is 61.4 Å². The van der Waals surface area contributed by atoms with E-state index >= 15 is 0 Å². The zero-order valence-electron chi connectivity index (χ0n) is 14.2. The van der Waals surface area contributed by atoms with Crippen molar-refractivity contribution in [2.24, 2.45) is 0 Å². The average Bonchev–Trinajstić information content (AvgIpc) is 3.22. The molecule has 0 aromatic heterocycles. The van der Waals surface area contributed by atoms with Gasteiger partial charge in [0.05, 0.1) is 6.10 Å². The first-order valence-electron chi connectivity index (χ1n) is 9.10. The summed E-state index contributed by atoms with van der Waals surface area (Å²) < 4.78 is 0. The third-order valence-corrected chi connectivity index (χ3v) is 5.46. The van der Waals surface area contributed by atoms with Gasteiger partial charge in [0, 0.05) is 18.2 Å². The zero-order chi connectivity index (χ0) is 17.2. The zero-order valence-corrected chi connectivity index (χ0v) is 14.2. The Morgan fingerprint density at radius 1 is 1.00 bits per heavy atom. The van der Waals surface area contributed by atoms with Crippen molar-refractivity contribution < 1.29 is 9.90 Å². The quantitative estimate of drug-likeness (QED) is 0.802. The highest BCUT2D eigenvalue weighted by atomic mass is 16.3. The fourth-order valence-electron chi connectivity index (χ4n) is 4.23. The molecule has 3 atom stereocenters. The first kappa shape index (κ1) is 16.2. The molecule has 3 N–H and O–H groups in total. The minimum Gasteiger partial charge on any atom is -0.392 e. The van der Waals surface area contributed by atoms with Crippen molar-refractivity contribution >= 4 is 11.7 Å². The van der Waals surface area contributed by atoms with Gasteiger partial charge >= 0.3 is 6.03 Å². The van der Waals surface area contributed by atoms with E-state index < -0.39 is 0 Å². The molecule has 2 aromatic rings. The van der Waals surface area contributed by atoms with E-state index in [1.807, 2.05) is 24.3 Å². The Morgan fingerprint density at radius 3 is 2.68 bits per heavy atom. The molecular formula is C21H24N2O2. The Morgan fingerprint density at radius 2 is 1.84 bits per heavy atom. The van der Waals surface area contributed by atoms with Gasteiger partial charge in [0.1, 0.15) is 0 Å². The lowest BCUT2D eigenvalue weighted by molar-refractivity contribution is 0.187. The molecule has 4 nitrogen and oxygen atoms in total. The first-order chi connectivity index (χ1) is 12.2. The predicted molar refractivity (Wildman–Crippen MR) is 98.8 cm³/mol. The van der Waals surface area contributed by atoms with Crippen molar-refractivity contribution in [2.75, 3.05) is 5.32 Å². The van der Waals surface area contributed by atoms with E-state index in [1.165, 1.54) is 5.56 Å². The molecule has 25 heavy (non-hydrogen) atoms. The Bertz CT molecular complexity index is 760. The number of amides is 2. The maximum absolute atomic E-state index is 12.4. The Labute approximate surface area is 148 Å². The number of carbonyl (C=O) groups is 1. The molecule has 0 radical (unpaired) electrons. The second kappa shape index (κ2) is 6.89. The molecule has 0 spiro atoms. The van der Waals surface area contributed by atoms with Crippen molar-refractivity contribution in [3.63, 3.8) is 0 Å². The van der Waals surface area contributed by atoms with E-state index in [0.717, 1.165) is 36.1 Å². The first-order valence-corrected chi connectivity index (χ1v) is 9.10. The van der Waals surface area contributed by atoms with Crippen LogP contribution in [0.1, 0.15) is 41.9 Å². The summed E-state index contributed by atoms with van der Waals surface area (Å²) in [5.41, 5.74) is 4.39. The Kier molecular flexibility index (Phi) is 4.45. The van der Waals surface area contributed by atoms with Gasteiger partial charge in [-0.05, 0) is 54.4 Å². The van der Waals surface area contributed by atoms with Crippen LogP contribution in [0.25, 0.3) is 0 Å². The molecule has 0 saturated heterocycles. The van der Waals surface area contributed by atoms with Crippen LogP contribution < -0.4 is 10.6 Å². The average molecular weight is 336 g/mol. The molecule has 0 unspecified atom stereocenters. The molecule has 0 heterocycles. The highest BCUT2D eigenvalue weighted by Gasteiger charge is 2.27. The van der Waals surface area contributed by atoms with Crippen LogP contribution in [0.3, 0.4) is 0 Å². The van der Waals surface area contributed by atoms with Crippen molar-refractivity contribution in [2.45, 2.75) is 50.2 Å². The van der Waals surface area contributed by atoms with Crippen LogP contribution in [0.15, 0.2) is 48.5 Å². The van der Waals surface area contributed by atoms with Gasteiger partial charge in [0.25, 0.3) is 0 Å². The highest BCUT2D eigenvalue weighted by molar-refractivity contribution is 5.90. The number of hydrogen-bond donors (Lipinski definition) is 3. The molecule has 1 saturated carbocycles. The van der Waals surface area contributed by atoms with E-state index in [4.69, 9.17) is 0 Å². The SMILES string of the molecule is O=C(Nc1cccc2c1C[C@@H](O)C2)N[C@@H]1CC[C@@H](c2ccccc2)C1. The number of carbonyl (C=O) groups excluding carboxylic acids is 1. The van der Waals surface area contributed by atoms with E-state index in [1.54, 1.807) is 0 Å². The third kappa shape index (κ3) is 3.54. The number of anilines is 1. The molecule has 0 bridgehead atoms. The second-order valence-electron chi connectivity index (χ2n) is 7.22. The number of aliphatic hydroxyl groups excluding tert-OH is 1. The van der Waals surface area contributed by atoms with Gasteiger partial charge in [-0.15, -0.1) is 0 Å². The van der Waals surface area contributed by atoms with Crippen LogP contribution in [0.4, 0.5) is 10.5 Å². The van der Waals surface area contributed by atoms with E-state index in [0.29, 0.717) is 18.8 Å². The van der Waals surface area contributed by atoms with Crippen molar-refractivity contribution in [3.05, 3.63) is 65.2 Å². The van der Waals surface area contributed by atoms with Crippen LogP contribution in [0.5, 0.6) is 0 Å². The van der Waals surface area contributed by atoms with Crippen LogP contribution in [-0.4, -0.2) is 23.3 Å². The van der Waals surface area contributed by atoms with Gasteiger partial charge in [-0.1, -0.05) is 42.5 Å². The molecule has 1 fully saturated rings. The summed E-state index contributed by atoms with van der Waals surface area (Å²) in [4.78, 5) is 12.4. The minimum absolute atomic E-state index is 0.145. The van der Waals surface area contributed by atoms with Gasteiger partial charge in [-0.25, -0.2) is 4.79 Å². The van der Waals surface area contributed by atoms with Gasteiger partial charge in [-0.3, -0.25) is 0 Å². The summed E-state index contributed by atoms with van der Waals surface area (Å²) in [5.74, 6) is 0.530. The third-order valence-electron chi connectivity index (χ3n) is 5.46. The normalized spacial score (nSPS) is 24.8. The van der Waals surface area contributed by atoms with Crippen molar-refractivity contribution in [3.8, 4) is 0 Å². The van der Waals surface area contributed by atoms with E-state index in [2.05, 4.69) is 34.9 Å². The number of urea groups is 1. The number of fused-ring (bicyclic) bond motifs is 1. The molecule has 2 amide bonds. The van der Waals surface area contributed by atoms with Crippen LogP contribution >= 0.6 is 0 Å². The smallest absolute Gasteiger partial charge is 0.319 e. The highest BCUT2D eigenvalue weighted by Crippen LogP contribution is 2.34. The Hall–Kier alpha value is -2.33. The predicted octanol–water partition coefficient (Wildman–Crippen LogP) is 3.60. The van der Waals surface area contributed by atoms with Crippen LogP contribution in [0, 0.1) is 0 Å². The second-order valence-corrected chi connectivity index (χ2v) is 7.22. The molecular weight excluding hydrogens is 312 g/mol. The van der Waals surface area contributed by atoms with Crippen LogP contribution in [0.2, 0.25) is 0 Å². The summed E-state index contributed by atoms with van der Waals surface area (Å²) in [5, 5.41) is 15.9. The minimum atomic E-state index is -0.331. The standard InChI is InChI=1S/C21H24N2O2/c24-18-12-16-7-4-8-20(19(16)13-18)23-21(25)22-17-10-9-15(11-17)14-5-2-1-3-6-14/h1-8,15,17-18,24H,9-13H2,(H2,22,23,25)/t15-,17-,18+/m1/s1. The van der Waals surface area contributed by atoms with Crippen molar-refractivity contribution in [1.82, 2.24) is 5.32 Å². The summed E-state index contributed by atoms with van der Waals surface area (Å²) >= 11 is 0. The number of rotatable bonds is 3. The fourth-order valence-corrected chi connectivity index (χ4v) is 4.23. The molecule has 4 heteroatoms. The molecule has 0 aliphatic heterocycles. The van der Waals surface area contributed by atoms with Crippen molar-refractivity contribution in [1.29, 1.82) is 0 Å². The molecule has 4 rings (SSSR count). The number of benzene rings is 2. The maximum Gasteiger partial charge on any atom is 0.319 e. The largest absolute Gasteiger partial charge is 0.392 e. The van der Waals surface area contributed by atoms with E-state index in [-0.39, 0.29) is 18.2 Å². The molecule has 2 aromatic carbocycles. The number of hydrogen-bond acceptors (Lipinski definition) is 2. The van der Waals surface area contributed by atoms with Gasteiger partial charge < -0.3 is 15.7 Å². The molecule has 2 aliphatic carbocycles. The molecule has 130 valence electrons. The lowest BCUT2D eigenvalue weighted by Crippen LogP contribution is -2.36. The fraction of sp³-hybridized carbons (Fsp3) is 0.381. The van der Waals surface area contributed by atoms with Gasteiger partial charge in [-0.2, -0.15) is 0 Å². The summed E-state index contributed by atoms with van der Waals surface area (Å²) in [6.07, 6.45) is 4.07. The van der Waals surface area contributed by atoms with Crippen LogP contribution in [-0.2, 0) is 12.8 Å². The van der Waals surface area contributed by atoms with E-state index in [9.17, 15) is 9.90 Å². The maximum atomic E-state index is 12.4. The molecule has 2 aliphatic rings. The summed E-state index contributed by atoms with van der Waals surface area (Å²) in [7, 11) is 0. The monoisotopic (exact) mass is 336 g/mol. The summed E-state index contributed by atoms with van der Waals surface area (Å²) in [6, 6.07) is 16.5. The number of aliphatic hydroxyl groups is 1. The van der Waals surface area contributed by atoms with Gasteiger partial charge in [0.15, 0.2) is 0 Å². The lowest BCUT2D eigenvalue weighted by atomic mass is 9.98. The Balaban J connectivity index is 1.36. The van der Waals surface area contributed by atoms with Gasteiger partial charge in [0.2, 0.25) is 0 Å². The summed E-state index contributed by atoms with van der Waals surface area (Å²) in [6.45, 7) is 0.